The third kappa shape index (κ3) is 4.26. The first-order valence-corrected chi connectivity index (χ1v) is 7.67. The van der Waals surface area contributed by atoms with Crippen LogP contribution in [0.3, 0.4) is 0 Å². The Balaban J connectivity index is 2.06. The number of hydrogen-bond donors (Lipinski definition) is 3. The van der Waals surface area contributed by atoms with Crippen molar-refractivity contribution in [2.75, 3.05) is 11.0 Å². The number of rotatable bonds is 5. The van der Waals surface area contributed by atoms with E-state index in [1.54, 1.807) is 24.3 Å². The Kier molecular flexibility index (Phi) is 4.19. The Bertz CT molecular complexity index is 738. The molecule has 2 rings (SSSR count). The normalized spacial score (nSPS) is 11.1. The minimum atomic E-state index is -3.30. The highest BCUT2D eigenvalue weighted by atomic mass is 32.2. The number of sulfonamides is 1. The molecule has 0 saturated carbocycles. The minimum Gasteiger partial charge on any atom is -0.328 e. The maximum atomic E-state index is 11.2. The molecule has 1 amide bonds. The van der Waals surface area contributed by atoms with E-state index in [-0.39, 0.29) is 5.89 Å². The first kappa shape index (κ1) is 14.9. The van der Waals surface area contributed by atoms with Crippen molar-refractivity contribution in [3.05, 3.63) is 41.5 Å². The van der Waals surface area contributed by atoms with Crippen LogP contribution in [-0.2, 0) is 16.4 Å². The van der Waals surface area contributed by atoms with E-state index in [1.807, 2.05) is 5.43 Å². The quantitative estimate of drug-likeness (QED) is 0.389. The van der Waals surface area contributed by atoms with Gasteiger partial charge >= 0.3 is 11.8 Å². The van der Waals surface area contributed by atoms with E-state index >= 15 is 0 Å². The van der Waals surface area contributed by atoms with Crippen LogP contribution >= 0.6 is 0 Å². The highest BCUT2D eigenvalue weighted by Crippen LogP contribution is 2.13. The van der Waals surface area contributed by atoms with Crippen molar-refractivity contribution in [1.82, 2.24) is 15.6 Å². The van der Waals surface area contributed by atoms with Crippen molar-refractivity contribution in [2.24, 2.45) is 5.84 Å². The average molecular weight is 311 g/mol. The Hall–Kier alpha value is -2.46. The lowest BCUT2D eigenvalue weighted by Crippen LogP contribution is -2.30. The largest absolute Gasteiger partial charge is 0.328 e. The molecule has 1 aromatic heterocycles. The van der Waals surface area contributed by atoms with Crippen molar-refractivity contribution >= 4 is 21.6 Å². The predicted molar refractivity (Wildman–Crippen MR) is 73.7 cm³/mol. The summed E-state index contributed by atoms with van der Waals surface area (Å²) >= 11 is 0. The molecule has 0 atom stereocenters. The Morgan fingerprint density at radius 1 is 1.33 bits per heavy atom. The monoisotopic (exact) mass is 311 g/mol. The number of anilines is 1. The molecule has 0 bridgehead atoms. The van der Waals surface area contributed by atoms with Gasteiger partial charge in [-0.05, 0) is 17.7 Å². The van der Waals surface area contributed by atoms with Gasteiger partial charge in [0.05, 0.1) is 6.26 Å². The van der Waals surface area contributed by atoms with E-state index in [1.165, 1.54) is 0 Å². The molecule has 0 aliphatic carbocycles. The molecule has 9 nitrogen and oxygen atoms in total. The van der Waals surface area contributed by atoms with Crippen LogP contribution in [-0.4, -0.2) is 30.7 Å². The van der Waals surface area contributed by atoms with Gasteiger partial charge in [0.15, 0.2) is 5.82 Å². The van der Waals surface area contributed by atoms with Crippen molar-refractivity contribution in [1.29, 1.82) is 0 Å². The van der Waals surface area contributed by atoms with Gasteiger partial charge in [-0.2, -0.15) is 4.98 Å². The van der Waals surface area contributed by atoms with Gasteiger partial charge < -0.3 is 4.52 Å². The van der Waals surface area contributed by atoms with Gasteiger partial charge in [0.25, 0.3) is 0 Å². The lowest BCUT2D eigenvalue weighted by atomic mass is 10.1. The number of hydrazine groups is 1. The molecule has 2 aromatic rings. The number of nitrogens with one attached hydrogen (secondary N) is 2. The number of hydrogen-bond acceptors (Lipinski definition) is 7. The summed E-state index contributed by atoms with van der Waals surface area (Å²) in [6, 6.07) is 6.66. The third-order valence-corrected chi connectivity index (χ3v) is 3.02. The van der Waals surface area contributed by atoms with Crippen molar-refractivity contribution < 1.29 is 17.7 Å². The Morgan fingerprint density at radius 3 is 2.57 bits per heavy atom. The van der Waals surface area contributed by atoms with Crippen LogP contribution in [0.5, 0.6) is 0 Å². The lowest BCUT2D eigenvalue weighted by molar-refractivity contribution is 0.0910. The van der Waals surface area contributed by atoms with Crippen molar-refractivity contribution in [2.45, 2.75) is 6.42 Å². The van der Waals surface area contributed by atoms with Gasteiger partial charge in [-0.15, -0.1) is 0 Å². The molecule has 4 N–H and O–H groups in total. The van der Waals surface area contributed by atoms with Crippen LogP contribution in [0.4, 0.5) is 5.69 Å². The summed E-state index contributed by atoms with van der Waals surface area (Å²) in [5, 5.41) is 3.65. The second-order valence-electron chi connectivity index (χ2n) is 4.24. The summed E-state index contributed by atoms with van der Waals surface area (Å²) in [6.07, 6.45) is 1.41. The molecule has 21 heavy (non-hydrogen) atoms. The first-order valence-electron chi connectivity index (χ1n) is 5.77. The standard InChI is InChI=1S/C11H13N5O4S/c1-21(18,19)16-8-4-2-7(3-5-8)6-9-13-11(20-15-9)10(17)14-12/h2-5,16H,6,12H2,1H3,(H,14,17). The predicted octanol–water partition coefficient (Wildman–Crippen LogP) is -0.365. The van der Waals surface area contributed by atoms with Gasteiger partial charge in [-0.1, -0.05) is 17.3 Å². The molecule has 0 radical (unpaired) electrons. The highest BCUT2D eigenvalue weighted by Gasteiger charge is 2.13. The maximum Gasteiger partial charge on any atom is 0.323 e. The summed E-state index contributed by atoms with van der Waals surface area (Å²) < 4.78 is 29.2. The van der Waals surface area contributed by atoms with Crippen LogP contribution < -0.4 is 16.0 Å². The number of carbonyl (C=O) groups excluding carboxylic acids is 1. The zero-order valence-electron chi connectivity index (χ0n) is 11.0. The van der Waals surface area contributed by atoms with Gasteiger partial charge in [-0.3, -0.25) is 14.9 Å². The van der Waals surface area contributed by atoms with Crippen molar-refractivity contribution in [3.8, 4) is 0 Å². The van der Waals surface area contributed by atoms with Crippen LogP contribution in [0.15, 0.2) is 28.8 Å². The SMILES string of the molecule is CS(=O)(=O)Nc1ccc(Cc2noc(C(=O)NN)n2)cc1. The molecular formula is C11H13N5O4S. The molecule has 0 fully saturated rings. The molecule has 112 valence electrons. The average Bonchev–Trinajstić information content (AvgIpc) is 2.87. The topological polar surface area (TPSA) is 140 Å². The first-order chi connectivity index (χ1) is 9.87. The number of nitrogen functional groups attached to an aromatic ring is 1. The number of nitrogens with zero attached hydrogens (tertiary/aromatic N) is 2. The van der Waals surface area contributed by atoms with E-state index in [9.17, 15) is 13.2 Å². The number of amides is 1. The molecule has 0 aliphatic rings. The molecule has 1 heterocycles. The number of aromatic nitrogens is 2. The summed E-state index contributed by atoms with van der Waals surface area (Å²) in [5.74, 6) is 4.38. The third-order valence-electron chi connectivity index (χ3n) is 2.41. The van der Waals surface area contributed by atoms with Gasteiger partial charge in [0.2, 0.25) is 10.0 Å². The van der Waals surface area contributed by atoms with Gasteiger partial charge in [-0.25, -0.2) is 14.3 Å². The van der Waals surface area contributed by atoms with Crippen LogP contribution in [0.2, 0.25) is 0 Å². The van der Waals surface area contributed by atoms with Crippen LogP contribution in [0.1, 0.15) is 22.1 Å². The summed E-state index contributed by atoms with van der Waals surface area (Å²) in [7, 11) is -3.30. The summed E-state index contributed by atoms with van der Waals surface area (Å²) in [4.78, 5) is 15.0. The molecule has 0 aliphatic heterocycles. The zero-order valence-corrected chi connectivity index (χ0v) is 11.8. The molecule has 0 saturated heterocycles. The molecule has 10 heteroatoms. The second kappa shape index (κ2) is 5.89. The fourth-order valence-corrected chi connectivity index (χ4v) is 2.13. The smallest absolute Gasteiger partial charge is 0.323 e. The second-order valence-corrected chi connectivity index (χ2v) is 5.99. The molecule has 0 unspecified atom stereocenters. The minimum absolute atomic E-state index is 0.220. The van der Waals surface area contributed by atoms with E-state index in [0.29, 0.717) is 17.9 Å². The number of nitrogens with two attached hydrogens (primary N) is 1. The maximum absolute atomic E-state index is 11.2. The Labute approximate surface area is 120 Å². The van der Waals surface area contributed by atoms with E-state index in [4.69, 9.17) is 10.4 Å². The number of carbonyl (C=O) groups is 1. The highest BCUT2D eigenvalue weighted by molar-refractivity contribution is 7.92. The lowest BCUT2D eigenvalue weighted by Gasteiger charge is -2.04. The Morgan fingerprint density at radius 2 is 2.00 bits per heavy atom. The van der Waals surface area contributed by atoms with E-state index in [2.05, 4.69) is 14.9 Å². The molecular weight excluding hydrogens is 298 g/mol. The van der Waals surface area contributed by atoms with Gasteiger partial charge in [0, 0.05) is 12.1 Å². The zero-order chi connectivity index (χ0) is 15.5. The van der Waals surface area contributed by atoms with Crippen LogP contribution in [0, 0.1) is 0 Å². The van der Waals surface area contributed by atoms with E-state index in [0.717, 1.165) is 11.8 Å². The fraction of sp³-hybridized carbons (Fsp3) is 0.182. The van der Waals surface area contributed by atoms with Crippen LogP contribution in [0.25, 0.3) is 0 Å². The summed E-state index contributed by atoms with van der Waals surface area (Å²) in [5.41, 5.74) is 3.17. The molecule has 0 spiro atoms. The van der Waals surface area contributed by atoms with Crippen molar-refractivity contribution in [3.63, 3.8) is 0 Å². The van der Waals surface area contributed by atoms with Gasteiger partial charge in [0.1, 0.15) is 0 Å². The number of benzene rings is 1. The summed E-state index contributed by atoms with van der Waals surface area (Å²) in [6.45, 7) is 0. The molecule has 1 aromatic carbocycles. The van der Waals surface area contributed by atoms with E-state index < -0.39 is 15.9 Å². The fourth-order valence-electron chi connectivity index (χ4n) is 1.57.